The summed E-state index contributed by atoms with van der Waals surface area (Å²) in [4.78, 5) is 4.79. The molecule has 0 saturated carbocycles. The van der Waals surface area contributed by atoms with Gasteiger partial charge in [0.2, 0.25) is 6.33 Å². The first-order valence-corrected chi connectivity index (χ1v) is 19.9. The molecule has 0 saturated heterocycles. The third kappa shape index (κ3) is 7.96. The Morgan fingerprint density at radius 1 is 0.783 bits per heavy atom. The number of para-hydroxylation sites is 1. The first kappa shape index (κ1) is 34.7. The second-order valence-electron chi connectivity index (χ2n) is 15.7. The van der Waals surface area contributed by atoms with Crippen molar-refractivity contribution in [1.29, 1.82) is 5.26 Å². The van der Waals surface area contributed by atoms with Crippen LogP contribution in [0.25, 0.3) is 71.9 Å². The van der Waals surface area contributed by atoms with E-state index in [2.05, 4.69) is 109 Å². The molecule has 60 heavy (non-hydrogen) atoms. The number of hydrogen-bond donors (Lipinski definition) is 0. The van der Waals surface area contributed by atoms with E-state index >= 15 is 0 Å². The molecule has 0 unspecified atom stereocenters. The third-order valence-electron chi connectivity index (χ3n) is 10.9. The number of hydrogen-bond acceptors (Lipinski definition) is 3. The van der Waals surface area contributed by atoms with Crippen LogP contribution in [-0.2, 0) is 27.1 Å². The summed E-state index contributed by atoms with van der Waals surface area (Å²) < 4.78 is 56.7. The number of benzene rings is 6. The van der Waals surface area contributed by atoms with Gasteiger partial charge in [-0.05, 0) is 80.7 Å². The fourth-order valence-corrected chi connectivity index (χ4v) is 7.93. The van der Waals surface area contributed by atoms with Crippen LogP contribution >= 0.6 is 0 Å². The SMILES string of the molecule is [2H]C([2H])([2H])[n+]1[c-]n(-c2[c-]cccc2)cc1.[2H]C([2H])([2H])c1cnc(-c2[c-]cc(C(C)C)c3c2oc2c(-c4ccc5ccccc5c4)c(C#N)ccc23)cc1-c1c(C(C)C)cccc1C(C)C.[Ir+3]. The minimum Gasteiger partial charge on any atom is -0.500 e. The number of rotatable bonds is 7. The Bertz CT molecular complexity index is 3220. The summed E-state index contributed by atoms with van der Waals surface area (Å²) in [5.41, 5.74) is 10.5. The molecule has 0 spiro atoms. The van der Waals surface area contributed by atoms with Crippen molar-refractivity contribution in [1.82, 2.24) is 9.55 Å². The van der Waals surface area contributed by atoms with Gasteiger partial charge in [-0.15, -0.1) is 17.7 Å². The Balaban J connectivity index is 0.000000343. The van der Waals surface area contributed by atoms with Crippen LogP contribution < -0.4 is 4.57 Å². The Hall–Kier alpha value is -6.12. The molecule has 0 fully saturated rings. The first-order chi connectivity index (χ1) is 31.0. The zero-order valence-electron chi connectivity index (χ0n) is 40.4. The van der Waals surface area contributed by atoms with Crippen molar-refractivity contribution in [3.05, 3.63) is 174 Å². The summed E-state index contributed by atoms with van der Waals surface area (Å²) in [6.07, 6.45) is 7.32. The summed E-state index contributed by atoms with van der Waals surface area (Å²) in [7, 11) is 0. The van der Waals surface area contributed by atoms with Crippen molar-refractivity contribution in [3.63, 3.8) is 0 Å². The van der Waals surface area contributed by atoms with E-state index in [0.29, 0.717) is 33.6 Å². The minimum absolute atomic E-state index is 0. The van der Waals surface area contributed by atoms with Gasteiger partial charge in [0.1, 0.15) is 5.58 Å². The van der Waals surface area contributed by atoms with Crippen molar-refractivity contribution in [2.75, 3.05) is 0 Å². The second-order valence-corrected chi connectivity index (χ2v) is 15.7. The summed E-state index contributed by atoms with van der Waals surface area (Å²) in [5, 5.41) is 14.4. The molecule has 5 nitrogen and oxygen atoms in total. The van der Waals surface area contributed by atoms with Gasteiger partial charge in [0.05, 0.1) is 28.3 Å². The largest absolute Gasteiger partial charge is 3.00 e. The molecule has 0 aliphatic rings. The molecule has 298 valence electrons. The van der Waals surface area contributed by atoms with Crippen LogP contribution in [0, 0.1) is 36.6 Å². The number of furan rings is 1. The summed E-state index contributed by atoms with van der Waals surface area (Å²) in [5.74, 6) is 0.509. The van der Waals surface area contributed by atoms with Crippen LogP contribution in [0.5, 0.6) is 0 Å². The Kier molecular flexibility index (Phi) is 10.2. The molecule has 0 N–H and O–H groups in total. The predicted octanol–water partition coefficient (Wildman–Crippen LogP) is 13.4. The Labute approximate surface area is 375 Å². The molecule has 0 amide bonds. The molecule has 6 heteroatoms. The van der Waals surface area contributed by atoms with E-state index in [4.69, 9.17) is 17.6 Å². The maximum Gasteiger partial charge on any atom is 3.00 e. The molecule has 9 aromatic rings. The van der Waals surface area contributed by atoms with Crippen LogP contribution in [-0.4, -0.2) is 9.55 Å². The van der Waals surface area contributed by atoms with Gasteiger partial charge in [0, 0.05) is 33.7 Å². The normalized spacial score (nSPS) is 13.2. The number of nitrogens with zero attached hydrogens (tertiary/aromatic N) is 4. The number of aromatic nitrogens is 3. The number of imidazole rings is 1. The zero-order valence-corrected chi connectivity index (χ0v) is 36.8. The van der Waals surface area contributed by atoms with E-state index in [1.165, 1.54) is 12.4 Å². The molecule has 0 atom stereocenters. The molecule has 0 bridgehead atoms. The van der Waals surface area contributed by atoms with E-state index < -0.39 is 13.8 Å². The van der Waals surface area contributed by atoms with Crippen molar-refractivity contribution in [3.8, 4) is 45.3 Å². The topological polar surface area (TPSA) is 58.6 Å². The Morgan fingerprint density at radius 3 is 2.20 bits per heavy atom. The van der Waals surface area contributed by atoms with Crippen LogP contribution in [0.4, 0.5) is 0 Å². The average molecular weight is 967 g/mol. The predicted molar refractivity (Wildman–Crippen MR) is 241 cm³/mol. The van der Waals surface area contributed by atoms with E-state index in [0.717, 1.165) is 65.2 Å². The number of nitriles is 1. The molecule has 0 aliphatic carbocycles. The fourth-order valence-electron chi connectivity index (χ4n) is 7.93. The van der Waals surface area contributed by atoms with E-state index in [9.17, 15) is 5.26 Å². The van der Waals surface area contributed by atoms with Crippen LogP contribution in [0.2, 0.25) is 0 Å². The summed E-state index contributed by atoms with van der Waals surface area (Å²) in [6, 6.07) is 44.6. The fraction of sp³-hybridized carbons (Fsp3) is 0.204. The average Bonchev–Trinajstić information content (AvgIpc) is 3.95. The van der Waals surface area contributed by atoms with Crippen LogP contribution in [0.1, 0.15) is 95.3 Å². The van der Waals surface area contributed by atoms with Gasteiger partial charge in [0.25, 0.3) is 0 Å². The van der Waals surface area contributed by atoms with E-state index in [1.54, 1.807) is 16.8 Å². The maximum atomic E-state index is 10.3. The molecular weight excluding hydrogens is 913 g/mol. The van der Waals surface area contributed by atoms with Gasteiger partial charge in [-0.2, -0.15) is 35.6 Å². The molecule has 9 rings (SSSR count). The van der Waals surface area contributed by atoms with E-state index in [1.807, 2.05) is 60.7 Å². The molecular formula is C54H48IrN4O+. The van der Waals surface area contributed by atoms with Crippen molar-refractivity contribution in [2.45, 2.75) is 66.1 Å². The third-order valence-corrected chi connectivity index (χ3v) is 10.9. The quantitative estimate of drug-likeness (QED) is 0.118. The standard InChI is InChI=1S/C44H39N2O.C10H9N2.Ir/c1-25(2)33-13-10-14-34(26(3)4)41(33)38-22-39(46-24-28(38)7)36-20-19-35(27(5)6)42-37-18-17-32(23-45)40(44(37)47-43(36)42)31-16-15-29-11-8-9-12-30(29)21-31;1-11-7-8-12(9-11)10-5-3-2-4-6-10;/h8-19,21-22,24-27H,1-7H3;2-5,7-8H,1H3;/q2*-1;+3/i7D3;1D3;. The molecule has 3 aromatic heterocycles. The van der Waals surface area contributed by atoms with Crippen molar-refractivity contribution in [2.24, 2.45) is 6.98 Å². The molecule has 3 heterocycles. The molecule has 0 aliphatic heterocycles. The van der Waals surface area contributed by atoms with Gasteiger partial charge < -0.3 is 18.5 Å². The smallest absolute Gasteiger partial charge is 0.500 e. The second kappa shape index (κ2) is 17.6. The molecule has 0 radical (unpaired) electrons. The van der Waals surface area contributed by atoms with Crippen LogP contribution in [0.3, 0.4) is 0 Å². The Morgan fingerprint density at radius 2 is 1.53 bits per heavy atom. The monoisotopic (exact) mass is 967 g/mol. The summed E-state index contributed by atoms with van der Waals surface area (Å²) >= 11 is 0. The van der Waals surface area contributed by atoms with Crippen molar-refractivity contribution >= 4 is 32.7 Å². The number of aryl methyl sites for hydroxylation is 2. The zero-order chi connectivity index (χ0) is 46.4. The van der Waals surface area contributed by atoms with Gasteiger partial charge >= 0.3 is 20.1 Å². The first-order valence-electron chi connectivity index (χ1n) is 22.9. The maximum absolute atomic E-state index is 10.3. The van der Waals surface area contributed by atoms with Gasteiger partial charge in [-0.25, -0.2) is 0 Å². The van der Waals surface area contributed by atoms with Gasteiger partial charge in [-0.1, -0.05) is 131 Å². The van der Waals surface area contributed by atoms with Crippen LogP contribution in [0.15, 0.2) is 132 Å². The number of fused-ring (bicyclic) bond motifs is 4. The molecule has 6 aromatic carbocycles. The van der Waals surface area contributed by atoms with E-state index in [-0.39, 0.29) is 43.4 Å². The van der Waals surface area contributed by atoms with Gasteiger partial charge in [-0.3, -0.25) is 0 Å². The van der Waals surface area contributed by atoms with Crippen molar-refractivity contribution < 1.29 is 37.3 Å². The number of pyridine rings is 1. The summed E-state index contributed by atoms with van der Waals surface area (Å²) in [6.45, 7) is 8.29. The van der Waals surface area contributed by atoms with Gasteiger partial charge in [0.15, 0.2) is 0 Å². The minimum atomic E-state index is -2.37.